The van der Waals surface area contributed by atoms with E-state index in [1.54, 1.807) is 18.2 Å². The highest BCUT2D eigenvalue weighted by Crippen LogP contribution is 2.23. The molecule has 0 aliphatic carbocycles. The van der Waals surface area contributed by atoms with Crippen molar-refractivity contribution in [3.05, 3.63) is 33.3 Å². The van der Waals surface area contributed by atoms with Gasteiger partial charge in [0.2, 0.25) is 0 Å². The summed E-state index contributed by atoms with van der Waals surface area (Å²) in [5.74, 6) is 0. The van der Waals surface area contributed by atoms with Gasteiger partial charge in [-0.25, -0.2) is 0 Å². The predicted octanol–water partition coefficient (Wildman–Crippen LogP) is 3.75. The molecule has 0 saturated heterocycles. The quantitative estimate of drug-likeness (QED) is 0.896. The summed E-state index contributed by atoms with van der Waals surface area (Å²) >= 11 is 8.98. The second-order valence-electron chi connectivity index (χ2n) is 2.97. The molecule has 0 amide bonds. The largest absolute Gasteiger partial charge is 0.401 e. The van der Waals surface area contributed by atoms with Crippen molar-refractivity contribution in [2.45, 2.75) is 12.7 Å². The van der Waals surface area contributed by atoms with Gasteiger partial charge in [-0.3, -0.25) is 0 Å². The van der Waals surface area contributed by atoms with Crippen molar-refractivity contribution in [3.63, 3.8) is 0 Å². The van der Waals surface area contributed by atoms with E-state index in [0.29, 0.717) is 10.6 Å². The topological polar surface area (TPSA) is 12.0 Å². The van der Waals surface area contributed by atoms with Crippen molar-refractivity contribution < 1.29 is 13.2 Å². The van der Waals surface area contributed by atoms with Crippen molar-refractivity contribution in [1.82, 2.24) is 5.32 Å². The highest BCUT2D eigenvalue weighted by molar-refractivity contribution is 9.10. The first-order valence-corrected chi connectivity index (χ1v) is 5.27. The third-order valence-corrected chi connectivity index (χ3v) is 2.87. The smallest absolute Gasteiger partial charge is 0.305 e. The lowest BCUT2D eigenvalue weighted by Crippen LogP contribution is -2.28. The van der Waals surface area contributed by atoms with E-state index in [-0.39, 0.29) is 6.54 Å². The fraction of sp³-hybridized carbons (Fsp3) is 0.333. The number of hydrogen-bond donors (Lipinski definition) is 1. The Bertz CT molecular complexity index is 341. The summed E-state index contributed by atoms with van der Waals surface area (Å²) in [7, 11) is 0. The summed E-state index contributed by atoms with van der Waals surface area (Å²) < 4.78 is 36.1. The SMILES string of the molecule is FC(F)(F)CNCc1ccc(Br)c(Cl)c1. The Labute approximate surface area is 98.7 Å². The van der Waals surface area contributed by atoms with Gasteiger partial charge >= 0.3 is 6.18 Å². The Hall–Kier alpha value is -0.260. The minimum Gasteiger partial charge on any atom is -0.305 e. The van der Waals surface area contributed by atoms with E-state index < -0.39 is 12.7 Å². The molecular formula is C9H8BrClF3N. The fourth-order valence-corrected chi connectivity index (χ4v) is 1.45. The van der Waals surface area contributed by atoms with Gasteiger partial charge < -0.3 is 5.32 Å². The first-order valence-electron chi connectivity index (χ1n) is 4.10. The molecule has 6 heteroatoms. The van der Waals surface area contributed by atoms with E-state index >= 15 is 0 Å². The molecule has 0 atom stereocenters. The Morgan fingerprint density at radius 3 is 2.53 bits per heavy atom. The molecule has 0 aliphatic heterocycles. The molecule has 0 unspecified atom stereocenters. The van der Waals surface area contributed by atoms with Gasteiger partial charge in [0.25, 0.3) is 0 Å². The number of benzene rings is 1. The van der Waals surface area contributed by atoms with Crippen LogP contribution in [0.25, 0.3) is 0 Å². The zero-order valence-corrected chi connectivity index (χ0v) is 9.88. The maximum Gasteiger partial charge on any atom is 0.401 e. The van der Waals surface area contributed by atoms with E-state index in [0.717, 1.165) is 4.47 Å². The van der Waals surface area contributed by atoms with Crippen LogP contribution in [-0.4, -0.2) is 12.7 Å². The molecule has 0 aromatic heterocycles. The normalized spacial score (nSPS) is 11.8. The van der Waals surface area contributed by atoms with Gasteiger partial charge in [-0.15, -0.1) is 0 Å². The first-order chi connectivity index (χ1) is 6.88. The van der Waals surface area contributed by atoms with Crippen LogP contribution in [-0.2, 0) is 6.54 Å². The summed E-state index contributed by atoms with van der Waals surface area (Å²) in [5.41, 5.74) is 0.715. The average Bonchev–Trinajstić information content (AvgIpc) is 2.09. The van der Waals surface area contributed by atoms with Crippen LogP contribution in [0.4, 0.5) is 13.2 Å². The Morgan fingerprint density at radius 1 is 1.33 bits per heavy atom. The van der Waals surface area contributed by atoms with Gasteiger partial charge in [0.1, 0.15) is 0 Å². The summed E-state index contributed by atoms with van der Waals surface area (Å²) in [6.07, 6.45) is -4.18. The fourth-order valence-electron chi connectivity index (χ4n) is 0.998. The summed E-state index contributed by atoms with van der Waals surface area (Å²) in [4.78, 5) is 0. The van der Waals surface area contributed by atoms with Crippen molar-refractivity contribution >= 4 is 27.5 Å². The molecule has 1 aromatic carbocycles. The van der Waals surface area contributed by atoms with Gasteiger partial charge in [-0.1, -0.05) is 17.7 Å². The summed E-state index contributed by atoms with van der Waals surface area (Å²) in [6, 6.07) is 5.03. The molecule has 0 aliphatic rings. The molecule has 1 aromatic rings. The minimum atomic E-state index is -4.18. The van der Waals surface area contributed by atoms with Crippen molar-refractivity contribution in [1.29, 1.82) is 0 Å². The molecule has 1 nitrogen and oxygen atoms in total. The molecular weight excluding hydrogens is 294 g/mol. The highest BCUT2D eigenvalue weighted by atomic mass is 79.9. The molecule has 15 heavy (non-hydrogen) atoms. The minimum absolute atomic E-state index is 0.145. The van der Waals surface area contributed by atoms with E-state index in [1.165, 1.54) is 0 Å². The standard InChI is InChI=1S/C9H8BrClF3N/c10-7-2-1-6(3-8(7)11)4-15-5-9(12,13)14/h1-3,15H,4-5H2. The molecule has 0 saturated carbocycles. The molecule has 0 radical (unpaired) electrons. The van der Waals surface area contributed by atoms with E-state index in [2.05, 4.69) is 21.2 Å². The lowest BCUT2D eigenvalue weighted by atomic mass is 10.2. The van der Waals surface area contributed by atoms with Crippen molar-refractivity contribution in [2.75, 3.05) is 6.54 Å². The number of rotatable bonds is 3. The van der Waals surface area contributed by atoms with Crippen LogP contribution in [0.2, 0.25) is 5.02 Å². The molecule has 0 fully saturated rings. The zero-order chi connectivity index (χ0) is 11.5. The number of alkyl halides is 3. The van der Waals surface area contributed by atoms with Crippen molar-refractivity contribution in [3.8, 4) is 0 Å². The van der Waals surface area contributed by atoms with Crippen LogP contribution in [0, 0.1) is 0 Å². The van der Waals surface area contributed by atoms with Gasteiger partial charge in [0.15, 0.2) is 0 Å². The average molecular weight is 303 g/mol. The van der Waals surface area contributed by atoms with Gasteiger partial charge in [-0.05, 0) is 33.6 Å². The van der Waals surface area contributed by atoms with Crippen LogP contribution < -0.4 is 5.32 Å². The molecule has 1 N–H and O–H groups in total. The Balaban J connectivity index is 2.48. The first kappa shape index (κ1) is 12.8. The third kappa shape index (κ3) is 4.86. The lowest BCUT2D eigenvalue weighted by Gasteiger charge is -2.08. The van der Waals surface area contributed by atoms with Crippen molar-refractivity contribution in [2.24, 2.45) is 0 Å². The van der Waals surface area contributed by atoms with E-state index in [1.807, 2.05) is 0 Å². The molecule has 1 rings (SSSR count). The number of halogens is 5. The van der Waals surface area contributed by atoms with Crippen LogP contribution in [0.1, 0.15) is 5.56 Å². The lowest BCUT2D eigenvalue weighted by molar-refractivity contribution is -0.125. The molecule has 0 bridgehead atoms. The molecule has 0 heterocycles. The maximum atomic E-state index is 11.8. The number of hydrogen-bond acceptors (Lipinski definition) is 1. The van der Waals surface area contributed by atoms with Crippen LogP contribution in [0.5, 0.6) is 0 Å². The number of nitrogens with one attached hydrogen (secondary N) is 1. The Kier molecular flexibility index (Phi) is 4.43. The summed E-state index contributed by atoms with van der Waals surface area (Å²) in [5, 5.41) is 2.78. The van der Waals surface area contributed by atoms with Crippen LogP contribution in [0.15, 0.2) is 22.7 Å². The maximum absolute atomic E-state index is 11.8. The summed E-state index contributed by atoms with van der Waals surface area (Å²) in [6.45, 7) is -0.854. The second-order valence-corrected chi connectivity index (χ2v) is 4.23. The second kappa shape index (κ2) is 5.18. The van der Waals surface area contributed by atoms with Gasteiger partial charge in [0, 0.05) is 11.0 Å². The monoisotopic (exact) mass is 301 g/mol. The third-order valence-electron chi connectivity index (χ3n) is 1.64. The van der Waals surface area contributed by atoms with Crippen LogP contribution in [0.3, 0.4) is 0 Å². The van der Waals surface area contributed by atoms with E-state index in [9.17, 15) is 13.2 Å². The highest BCUT2D eigenvalue weighted by Gasteiger charge is 2.25. The van der Waals surface area contributed by atoms with E-state index in [4.69, 9.17) is 11.6 Å². The van der Waals surface area contributed by atoms with Crippen LogP contribution >= 0.6 is 27.5 Å². The predicted molar refractivity (Wildman–Crippen MR) is 56.9 cm³/mol. The van der Waals surface area contributed by atoms with Gasteiger partial charge in [0.05, 0.1) is 11.6 Å². The Morgan fingerprint density at radius 2 is 2.00 bits per heavy atom. The molecule has 84 valence electrons. The van der Waals surface area contributed by atoms with Gasteiger partial charge in [-0.2, -0.15) is 13.2 Å². The zero-order valence-electron chi connectivity index (χ0n) is 7.54. The molecule has 0 spiro atoms.